The van der Waals surface area contributed by atoms with E-state index in [9.17, 15) is 13.2 Å². The fourth-order valence-corrected chi connectivity index (χ4v) is 5.56. The molecule has 4 aromatic rings. The van der Waals surface area contributed by atoms with Crippen LogP contribution in [0.5, 0.6) is 5.75 Å². The number of benzene rings is 4. The molecule has 0 saturated carbocycles. The van der Waals surface area contributed by atoms with Crippen molar-refractivity contribution in [3.05, 3.63) is 124 Å². The van der Waals surface area contributed by atoms with Gasteiger partial charge in [-0.2, -0.15) is 5.10 Å². The van der Waals surface area contributed by atoms with Gasteiger partial charge in [0.1, 0.15) is 5.75 Å². The third-order valence-electron chi connectivity index (χ3n) is 5.95. The summed E-state index contributed by atoms with van der Waals surface area (Å²) in [6.07, 6.45) is 1.54. The van der Waals surface area contributed by atoms with Crippen LogP contribution in [0.25, 0.3) is 0 Å². The van der Waals surface area contributed by atoms with Gasteiger partial charge >= 0.3 is 0 Å². The number of rotatable bonds is 10. The van der Waals surface area contributed by atoms with Crippen molar-refractivity contribution >= 4 is 39.4 Å². The van der Waals surface area contributed by atoms with Gasteiger partial charge in [0.15, 0.2) is 0 Å². The highest BCUT2D eigenvalue weighted by molar-refractivity contribution is 7.92. The monoisotopic (exact) mass is 561 g/mol. The van der Waals surface area contributed by atoms with Crippen molar-refractivity contribution in [2.24, 2.45) is 5.10 Å². The number of nitrogens with zero attached hydrogens (tertiary/aromatic N) is 2. The molecule has 9 heteroatoms. The summed E-state index contributed by atoms with van der Waals surface area (Å²) in [5.74, 6) is 0.377. The molecular formula is C30H28ClN3O4S. The second-order valence-electron chi connectivity index (χ2n) is 8.61. The lowest BCUT2D eigenvalue weighted by Gasteiger charge is -2.26. The second kappa shape index (κ2) is 12.6. The van der Waals surface area contributed by atoms with Gasteiger partial charge in [-0.15, -0.1) is 0 Å². The number of sulfonamides is 1. The van der Waals surface area contributed by atoms with Crippen molar-refractivity contribution < 1.29 is 17.9 Å². The van der Waals surface area contributed by atoms with Crippen LogP contribution in [0.1, 0.15) is 34.0 Å². The smallest absolute Gasteiger partial charge is 0.271 e. The fraction of sp³-hybridized carbons (Fsp3) is 0.133. The minimum absolute atomic E-state index is 0.0518. The molecule has 0 aliphatic rings. The first-order valence-corrected chi connectivity index (χ1v) is 14.1. The molecule has 0 spiro atoms. The molecule has 7 nitrogen and oxygen atoms in total. The number of hydrazone groups is 1. The molecule has 0 fully saturated rings. The molecule has 0 aliphatic carbocycles. The summed E-state index contributed by atoms with van der Waals surface area (Å²) in [5.41, 5.74) is 5.54. The van der Waals surface area contributed by atoms with Gasteiger partial charge in [-0.1, -0.05) is 48.0 Å². The fourth-order valence-electron chi connectivity index (χ4n) is 3.86. The number of carbonyl (C=O) groups excluding carboxylic acids is 1. The zero-order valence-electron chi connectivity index (χ0n) is 21.5. The lowest BCUT2D eigenvalue weighted by molar-refractivity contribution is 0.0955. The molecular weight excluding hydrogens is 534 g/mol. The van der Waals surface area contributed by atoms with Crippen LogP contribution >= 0.6 is 11.6 Å². The van der Waals surface area contributed by atoms with Gasteiger partial charge in [-0.05, 0) is 91.2 Å². The van der Waals surface area contributed by atoms with Gasteiger partial charge in [0.05, 0.1) is 29.9 Å². The van der Waals surface area contributed by atoms with Gasteiger partial charge in [-0.3, -0.25) is 9.10 Å². The van der Waals surface area contributed by atoms with E-state index in [1.165, 1.54) is 4.31 Å². The van der Waals surface area contributed by atoms with Crippen molar-refractivity contribution in [2.75, 3.05) is 10.9 Å². The van der Waals surface area contributed by atoms with E-state index in [2.05, 4.69) is 10.5 Å². The van der Waals surface area contributed by atoms with E-state index in [0.717, 1.165) is 11.3 Å². The van der Waals surface area contributed by atoms with Crippen molar-refractivity contribution in [1.82, 2.24) is 5.43 Å². The first-order chi connectivity index (χ1) is 18.8. The van der Waals surface area contributed by atoms with E-state index in [1.54, 1.807) is 85.9 Å². The summed E-state index contributed by atoms with van der Waals surface area (Å²) in [5, 5.41) is 4.49. The number of hydrogen-bond acceptors (Lipinski definition) is 5. The third kappa shape index (κ3) is 6.85. The molecule has 1 N–H and O–H groups in total. The van der Waals surface area contributed by atoms with E-state index in [1.807, 2.05) is 31.2 Å². The molecule has 0 atom stereocenters. The maximum absolute atomic E-state index is 13.7. The van der Waals surface area contributed by atoms with Crippen molar-refractivity contribution in [3.63, 3.8) is 0 Å². The van der Waals surface area contributed by atoms with Crippen LogP contribution in [0.3, 0.4) is 0 Å². The Labute approximate surface area is 233 Å². The Kier molecular flexibility index (Phi) is 9.01. The molecule has 4 rings (SSSR count). The summed E-state index contributed by atoms with van der Waals surface area (Å²) in [6.45, 7) is 4.34. The molecule has 0 bridgehead atoms. The zero-order valence-corrected chi connectivity index (χ0v) is 23.1. The number of halogens is 1. The Morgan fingerprint density at radius 2 is 1.64 bits per heavy atom. The molecule has 0 unspecified atom stereocenters. The molecule has 4 aromatic carbocycles. The Morgan fingerprint density at radius 1 is 0.949 bits per heavy atom. The van der Waals surface area contributed by atoms with Crippen LogP contribution in [-0.4, -0.2) is 27.1 Å². The largest absolute Gasteiger partial charge is 0.494 e. The Morgan fingerprint density at radius 3 is 2.31 bits per heavy atom. The predicted molar refractivity (Wildman–Crippen MR) is 155 cm³/mol. The number of hydrogen-bond donors (Lipinski definition) is 1. The average molecular weight is 562 g/mol. The van der Waals surface area contributed by atoms with Crippen LogP contribution in [0.2, 0.25) is 5.02 Å². The minimum atomic E-state index is -3.89. The van der Waals surface area contributed by atoms with Crippen LogP contribution in [0, 0.1) is 6.92 Å². The first kappa shape index (κ1) is 27.9. The predicted octanol–water partition coefficient (Wildman–Crippen LogP) is 6.21. The number of nitrogens with one attached hydrogen (secondary N) is 1. The minimum Gasteiger partial charge on any atom is -0.494 e. The quantitative estimate of drug-likeness (QED) is 0.184. The number of carbonyl (C=O) groups is 1. The number of ether oxygens (including phenoxy) is 1. The second-order valence-corrected chi connectivity index (χ2v) is 10.9. The van der Waals surface area contributed by atoms with Crippen LogP contribution in [0.15, 0.2) is 107 Å². The molecule has 1 amide bonds. The summed E-state index contributed by atoms with van der Waals surface area (Å²) in [7, 11) is -3.89. The SMILES string of the molecule is CCOc1ccc(/C=N\NC(=O)c2ccc(CN(c3cccc(Cl)c3C)S(=O)(=O)c3ccccc3)cc2)cc1. The molecule has 0 aromatic heterocycles. The molecule has 0 aliphatic heterocycles. The zero-order chi connectivity index (χ0) is 27.8. The van der Waals surface area contributed by atoms with Gasteiger partial charge in [0.25, 0.3) is 15.9 Å². The molecule has 0 saturated heterocycles. The molecule has 39 heavy (non-hydrogen) atoms. The Balaban J connectivity index is 1.51. The number of anilines is 1. The molecule has 0 radical (unpaired) electrons. The van der Waals surface area contributed by atoms with E-state index < -0.39 is 10.0 Å². The molecule has 200 valence electrons. The Hall–Kier alpha value is -4.14. The van der Waals surface area contributed by atoms with E-state index in [0.29, 0.717) is 34.0 Å². The highest BCUT2D eigenvalue weighted by atomic mass is 35.5. The summed E-state index contributed by atoms with van der Waals surface area (Å²) < 4.78 is 34.1. The Bertz CT molecular complexity index is 1560. The number of amides is 1. The van der Waals surface area contributed by atoms with Gasteiger partial charge in [-0.25, -0.2) is 13.8 Å². The van der Waals surface area contributed by atoms with E-state index in [-0.39, 0.29) is 17.3 Å². The van der Waals surface area contributed by atoms with Crippen LogP contribution in [-0.2, 0) is 16.6 Å². The summed E-state index contributed by atoms with van der Waals surface area (Å²) in [6, 6.07) is 27.5. The van der Waals surface area contributed by atoms with Crippen LogP contribution < -0.4 is 14.5 Å². The normalized spacial score (nSPS) is 11.4. The standard InChI is InChI=1S/C30H28ClN3O4S/c1-3-38-26-18-14-23(15-19-26)20-32-33-30(35)25-16-12-24(13-17-25)21-34(29-11-7-10-28(31)22(29)2)39(36,37)27-8-5-4-6-9-27/h4-20H,3,21H2,1-2H3,(H,33,35)/b32-20-. The summed E-state index contributed by atoms with van der Waals surface area (Å²) in [4.78, 5) is 12.8. The van der Waals surface area contributed by atoms with Crippen molar-refractivity contribution in [1.29, 1.82) is 0 Å². The topological polar surface area (TPSA) is 88.1 Å². The summed E-state index contributed by atoms with van der Waals surface area (Å²) >= 11 is 6.33. The van der Waals surface area contributed by atoms with Gasteiger partial charge in [0, 0.05) is 10.6 Å². The van der Waals surface area contributed by atoms with E-state index in [4.69, 9.17) is 16.3 Å². The average Bonchev–Trinajstić information content (AvgIpc) is 2.95. The van der Waals surface area contributed by atoms with E-state index >= 15 is 0 Å². The maximum Gasteiger partial charge on any atom is 0.271 e. The van der Waals surface area contributed by atoms with Crippen molar-refractivity contribution in [2.45, 2.75) is 25.3 Å². The highest BCUT2D eigenvalue weighted by Crippen LogP contribution is 2.32. The lowest BCUT2D eigenvalue weighted by atomic mass is 10.1. The van der Waals surface area contributed by atoms with Gasteiger partial charge in [0.2, 0.25) is 0 Å². The maximum atomic E-state index is 13.7. The first-order valence-electron chi connectivity index (χ1n) is 12.3. The third-order valence-corrected chi connectivity index (χ3v) is 8.14. The lowest BCUT2D eigenvalue weighted by Crippen LogP contribution is -2.31. The highest BCUT2D eigenvalue weighted by Gasteiger charge is 2.27. The van der Waals surface area contributed by atoms with Crippen molar-refractivity contribution in [3.8, 4) is 5.75 Å². The van der Waals surface area contributed by atoms with Gasteiger partial charge < -0.3 is 4.74 Å². The molecule has 0 heterocycles. The van der Waals surface area contributed by atoms with Crippen LogP contribution in [0.4, 0.5) is 5.69 Å².